The van der Waals surface area contributed by atoms with E-state index in [9.17, 15) is 14.7 Å². The highest BCUT2D eigenvalue weighted by Gasteiger charge is 2.58. The molecule has 3 N–H and O–H groups in total. The maximum Gasteiger partial charge on any atom is 0.340 e. The molecule has 2 saturated heterocycles. The fourth-order valence-corrected chi connectivity index (χ4v) is 5.28. The molecule has 3 aliphatic heterocycles. The zero-order chi connectivity index (χ0) is 18.8. The molecule has 2 fully saturated rings. The average Bonchev–Trinajstić information content (AvgIpc) is 3.42. The van der Waals surface area contributed by atoms with Crippen LogP contribution in [0.25, 0.3) is 10.4 Å². The monoisotopic (exact) mass is 384 g/mol. The Kier molecular flexibility index (Phi) is 3.59. The van der Waals surface area contributed by atoms with E-state index < -0.39 is 11.5 Å². The van der Waals surface area contributed by atoms with Crippen molar-refractivity contribution in [2.75, 3.05) is 25.6 Å². The van der Waals surface area contributed by atoms with Crippen LogP contribution in [0.1, 0.15) is 12.0 Å². The second-order valence-electron chi connectivity index (χ2n) is 7.48. The number of nitrogens with one attached hydrogen (secondary N) is 2. The van der Waals surface area contributed by atoms with Crippen LogP contribution in [-0.4, -0.2) is 59.0 Å². The normalized spacial score (nSPS) is 29.0. The van der Waals surface area contributed by atoms with Crippen LogP contribution >= 0.6 is 11.3 Å². The van der Waals surface area contributed by atoms with Crippen molar-refractivity contribution in [1.29, 1.82) is 0 Å². The zero-order valence-corrected chi connectivity index (χ0v) is 15.6. The zero-order valence-electron chi connectivity index (χ0n) is 14.8. The van der Waals surface area contributed by atoms with Crippen molar-refractivity contribution < 1.29 is 14.7 Å². The first kappa shape index (κ1) is 16.7. The molecule has 1 amide bonds. The van der Waals surface area contributed by atoms with E-state index in [1.54, 1.807) is 22.3 Å². The number of fused-ring (bicyclic) bond motifs is 3. The molecule has 1 aromatic heterocycles. The Hall–Kier alpha value is -2.42. The molecule has 0 saturated carbocycles. The number of carboxylic acid groups (broad SMARTS) is 1. The number of thiophene rings is 1. The Balaban J connectivity index is 1.53. The number of carbonyl (C=O) groups excluding carboxylic acids is 1. The van der Waals surface area contributed by atoms with E-state index in [0.29, 0.717) is 23.8 Å². The summed E-state index contributed by atoms with van der Waals surface area (Å²) in [6.45, 7) is 1.38. The number of benzene rings is 1. The number of nitrogens with zero attached hydrogens (tertiary/aromatic N) is 2. The number of rotatable bonds is 3. The summed E-state index contributed by atoms with van der Waals surface area (Å²) in [6.07, 6.45) is 0.912. The molecule has 4 heterocycles. The quantitative estimate of drug-likeness (QED) is 0.696. The van der Waals surface area contributed by atoms with E-state index in [4.69, 9.17) is 0 Å². The van der Waals surface area contributed by atoms with Crippen LogP contribution < -0.4 is 10.9 Å². The molecule has 5 rings (SSSR count). The highest BCUT2D eigenvalue weighted by molar-refractivity contribution is 7.13. The molecule has 140 valence electrons. The summed E-state index contributed by atoms with van der Waals surface area (Å²) in [7, 11) is 2.05. The number of amides is 1. The van der Waals surface area contributed by atoms with Crippen LogP contribution in [0.2, 0.25) is 0 Å². The maximum atomic E-state index is 13.4. The molecule has 2 aromatic rings. The van der Waals surface area contributed by atoms with Crippen molar-refractivity contribution >= 4 is 28.9 Å². The van der Waals surface area contributed by atoms with Crippen molar-refractivity contribution in [1.82, 2.24) is 15.2 Å². The van der Waals surface area contributed by atoms with Gasteiger partial charge in [0.25, 0.3) is 5.91 Å². The van der Waals surface area contributed by atoms with Crippen molar-refractivity contribution in [3.05, 3.63) is 41.3 Å². The van der Waals surface area contributed by atoms with Gasteiger partial charge in [-0.25, -0.2) is 10.2 Å². The van der Waals surface area contributed by atoms with Gasteiger partial charge in [0.15, 0.2) is 0 Å². The molecule has 0 radical (unpaired) electrons. The first-order valence-corrected chi connectivity index (χ1v) is 9.85. The Labute approximate surface area is 160 Å². The number of hydrazine groups is 1. The Morgan fingerprint density at radius 2 is 2.11 bits per heavy atom. The van der Waals surface area contributed by atoms with Gasteiger partial charge in [0, 0.05) is 35.6 Å². The third kappa shape index (κ3) is 2.27. The summed E-state index contributed by atoms with van der Waals surface area (Å²) in [4.78, 5) is 30.8. The van der Waals surface area contributed by atoms with E-state index in [0.717, 1.165) is 23.4 Å². The van der Waals surface area contributed by atoms with Gasteiger partial charge in [0.05, 0.1) is 5.69 Å². The lowest BCUT2D eigenvalue weighted by Crippen LogP contribution is -2.61. The van der Waals surface area contributed by atoms with Crippen LogP contribution in [-0.2, 0) is 15.1 Å². The molecule has 1 aromatic carbocycles. The number of hydrogen-bond acceptors (Lipinski definition) is 6. The summed E-state index contributed by atoms with van der Waals surface area (Å²) in [5, 5.41) is 12.1. The Morgan fingerprint density at radius 3 is 2.74 bits per heavy atom. The van der Waals surface area contributed by atoms with E-state index in [-0.39, 0.29) is 11.9 Å². The van der Waals surface area contributed by atoms with Gasteiger partial charge >= 0.3 is 5.97 Å². The van der Waals surface area contributed by atoms with Crippen LogP contribution in [0.4, 0.5) is 5.69 Å². The average molecular weight is 384 g/mol. The highest BCUT2D eigenvalue weighted by atomic mass is 32.1. The fourth-order valence-electron chi connectivity index (χ4n) is 4.56. The van der Waals surface area contributed by atoms with Crippen LogP contribution in [0.3, 0.4) is 0 Å². The predicted molar refractivity (Wildman–Crippen MR) is 102 cm³/mol. The summed E-state index contributed by atoms with van der Waals surface area (Å²) in [6, 6.07) is 9.93. The molecule has 2 bridgehead atoms. The van der Waals surface area contributed by atoms with Crippen molar-refractivity contribution in [2.45, 2.75) is 24.0 Å². The summed E-state index contributed by atoms with van der Waals surface area (Å²) < 4.78 is 0. The number of anilines is 1. The first-order valence-electron chi connectivity index (χ1n) is 8.97. The first-order chi connectivity index (χ1) is 13.0. The Bertz CT molecular complexity index is 929. The summed E-state index contributed by atoms with van der Waals surface area (Å²) >= 11 is 1.62. The number of piperazine rings is 1. The van der Waals surface area contributed by atoms with Crippen molar-refractivity contribution in [2.24, 2.45) is 0 Å². The molecule has 3 atom stereocenters. The van der Waals surface area contributed by atoms with Crippen LogP contribution in [0, 0.1) is 0 Å². The van der Waals surface area contributed by atoms with Gasteiger partial charge in [0.1, 0.15) is 0 Å². The number of aliphatic carboxylic acids is 1. The van der Waals surface area contributed by atoms with Crippen molar-refractivity contribution in [3.8, 4) is 10.4 Å². The number of likely N-dealkylation sites (tertiary alicyclic amines) is 2. The SMILES string of the molecule is CN1C[C@@H]2C[C@H]1CN2C(=O)C1(C(=O)O)NNc2cc(-c3cccs3)ccc21. The molecule has 0 spiro atoms. The summed E-state index contributed by atoms with van der Waals surface area (Å²) in [5.41, 5.74) is 6.07. The third-order valence-electron chi connectivity index (χ3n) is 6.03. The molecule has 8 heteroatoms. The van der Waals surface area contributed by atoms with Gasteiger partial charge in [-0.2, -0.15) is 0 Å². The van der Waals surface area contributed by atoms with E-state index in [1.165, 1.54) is 0 Å². The minimum atomic E-state index is -1.79. The lowest BCUT2D eigenvalue weighted by molar-refractivity contribution is -0.156. The van der Waals surface area contributed by atoms with Gasteiger partial charge in [-0.3, -0.25) is 9.69 Å². The molecular weight excluding hydrogens is 364 g/mol. The minimum Gasteiger partial charge on any atom is -0.479 e. The molecular formula is C19H20N4O3S. The third-order valence-corrected chi connectivity index (χ3v) is 6.95. The topological polar surface area (TPSA) is 84.9 Å². The van der Waals surface area contributed by atoms with Crippen molar-refractivity contribution in [3.63, 3.8) is 0 Å². The fraction of sp³-hybridized carbons (Fsp3) is 0.368. The molecule has 3 aliphatic rings. The van der Waals surface area contributed by atoms with Gasteiger partial charge in [0.2, 0.25) is 5.54 Å². The second-order valence-corrected chi connectivity index (χ2v) is 8.43. The minimum absolute atomic E-state index is 0.0833. The maximum absolute atomic E-state index is 13.4. The predicted octanol–water partition coefficient (Wildman–Crippen LogP) is 1.54. The van der Waals surface area contributed by atoms with Gasteiger partial charge in [-0.1, -0.05) is 18.2 Å². The standard InChI is InChI=1S/C19H20N4O3S/c1-22-9-13-8-12(22)10-23(13)17(24)19(18(25)26)14-5-4-11(7-15(14)20-21-19)16-3-2-6-27-16/h2-7,12-13,20-21H,8-10H2,1H3,(H,25,26)/t12-,13-,19?/m0/s1. The number of carboxylic acids is 1. The molecule has 27 heavy (non-hydrogen) atoms. The Morgan fingerprint density at radius 1 is 1.26 bits per heavy atom. The van der Waals surface area contributed by atoms with Gasteiger partial charge in [-0.05, 0) is 36.5 Å². The van der Waals surface area contributed by atoms with E-state index in [2.05, 4.69) is 22.8 Å². The van der Waals surface area contributed by atoms with Gasteiger partial charge < -0.3 is 15.4 Å². The number of likely N-dealkylation sites (N-methyl/N-ethyl adjacent to an activating group) is 1. The van der Waals surface area contributed by atoms with Gasteiger partial charge in [-0.15, -0.1) is 11.3 Å². The second kappa shape index (κ2) is 5.79. The lowest BCUT2D eigenvalue weighted by Gasteiger charge is -2.36. The largest absolute Gasteiger partial charge is 0.479 e. The highest BCUT2D eigenvalue weighted by Crippen LogP contribution is 2.41. The molecule has 7 nitrogen and oxygen atoms in total. The van der Waals surface area contributed by atoms with Crippen LogP contribution in [0.5, 0.6) is 0 Å². The lowest BCUT2D eigenvalue weighted by atomic mass is 9.88. The van der Waals surface area contributed by atoms with E-state index in [1.807, 2.05) is 29.6 Å². The molecule has 1 unspecified atom stereocenters. The van der Waals surface area contributed by atoms with E-state index >= 15 is 0 Å². The smallest absolute Gasteiger partial charge is 0.340 e. The number of carbonyl (C=O) groups is 2. The number of hydrogen-bond donors (Lipinski definition) is 3. The van der Waals surface area contributed by atoms with Crippen LogP contribution in [0.15, 0.2) is 35.7 Å². The summed E-state index contributed by atoms with van der Waals surface area (Å²) in [5.74, 6) is -1.57. The molecule has 0 aliphatic carbocycles.